The molecule has 3 rings (SSSR count). The van der Waals surface area contributed by atoms with Crippen LogP contribution in [0.1, 0.15) is 38.2 Å². The summed E-state index contributed by atoms with van der Waals surface area (Å²) in [7, 11) is 3.33. The van der Waals surface area contributed by atoms with Gasteiger partial charge in [0.05, 0.1) is 14.2 Å². The molecule has 4 nitrogen and oxygen atoms in total. The van der Waals surface area contributed by atoms with E-state index >= 15 is 0 Å². The molecule has 2 aliphatic rings. The molecule has 22 heavy (non-hydrogen) atoms. The van der Waals surface area contributed by atoms with Crippen molar-refractivity contribution < 1.29 is 14.3 Å². The van der Waals surface area contributed by atoms with E-state index in [2.05, 4.69) is 24.0 Å². The van der Waals surface area contributed by atoms with Crippen LogP contribution in [0.3, 0.4) is 0 Å². The third-order valence-electron chi connectivity index (χ3n) is 5.56. The first-order valence-corrected chi connectivity index (χ1v) is 8.13. The molecule has 120 valence electrons. The van der Waals surface area contributed by atoms with Crippen LogP contribution in [0.2, 0.25) is 0 Å². The van der Waals surface area contributed by atoms with Gasteiger partial charge < -0.3 is 9.47 Å². The highest BCUT2D eigenvalue weighted by atomic mass is 16.5. The molecule has 0 radical (unpaired) electrons. The monoisotopic (exact) mass is 303 g/mol. The zero-order chi connectivity index (χ0) is 15.7. The largest absolute Gasteiger partial charge is 0.493 e. The molecule has 4 heteroatoms. The second-order valence-corrected chi connectivity index (χ2v) is 6.36. The molecule has 0 N–H and O–H groups in total. The topological polar surface area (TPSA) is 38.8 Å². The number of methoxy groups -OCH3 is 2. The number of carbonyl (C=O) groups excluding carboxylic acids is 1. The van der Waals surface area contributed by atoms with Crippen LogP contribution in [-0.2, 0) is 10.2 Å². The minimum absolute atomic E-state index is 0.0868. The molecule has 0 bridgehead atoms. The molecule has 1 saturated carbocycles. The summed E-state index contributed by atoms with van der Waals surface area (Å²) in [4.78, 5) is 14.5. The minimum atomic E-state index is 0.0868. The third-order valence-corrected chi connectivity index (χ3v) is 5.56. The summed E-state index contributed by atoms with van der Waals surface area (Å²) in [6.07, 6.45) is 3.45. The van der Waals surface area contributed by atoms with Crippen LogP contribution in [0.5, 0.6) is 11.5 Å². The van der Waals surface area contributed by atoms with Gasteiger partial charge in [-0.3, -0.25) is 9.69 Å². The lowest BCUT2D eigenvalue weighted by molar-refractivity contribution is -0.122. The number of hydrogen-bond acceptors (Lipinski definition) is 4. The average Bonchev–Trinajstić information content (AvgIpc) is 2.93. The van der Waals surface area contributed by atoms with Gasteiger partial charge >= 0.3 is 0 Å². The first kappa shape index (κ1) is 15.3. The Balaban J connectivity index is 2.02. The van der Waals surface area contributed by atoms with Crippen LogP contribution in [0, 0.1) is 0 Å². The number of likely N-dealkylation sites (tertiary alicyclic amines) is 1. The Morgan fingerprint density at radius 1 is 1.23 bits per heavy atom. The molecule has 1 aliphatic heterocycles. The Morgan fingerprint density at radius 2 is 2.00 bits per heavy atom. The third kappa shape index (κ3) is 2.30. The minimum Gasteiger partial charge on any atom is -0.493 e. The van der Waals surface area contributed by atoms with Crippen molar-refractivity contribution in [1.82, 2.24) is 4.90 Å². The zero-order valence-corrected chi connectivity index (χ0v) is 13.7. The van der Waals surface area contributed by atoms with Gasteiger partial charge in [0.2, 0.25) is 0 Å². The lowest BCUT2D eigenvalue weighted by atomic mass is 9.66. The average molecular weight is 303 g/mol. The highest BCUT2D eigenvalue weighted by Gasteiger charge is 2.50. The van der Waals surface area contributed by atoms with Gasteiger partial charge in [-0.15, -0.1) is 0 Å². The van der Waals surface area contributed by atoms with Crippen LogP contribution >= 0.6 is 0 Å². The summed E-state index contributed by atoms with van der Waals surface area (Å²) in [6, 6.07) is 6.59. The Bertz CT molecular complexity index is 571. The fourth-order valence-electron chi connectivity index (χ4n) is 4.32. The van der Waals surface area contributed by atoms with Crippen molar-refractivity contribution in [3.63, 3.8) is 0 Å². The maximum atomic E-state index is 12.0. The highest BCUT2D eigenvalue weighted by molar-refractivity contribution is 5.81. The Hall–Kier alpha value is -1.55. The van der Waals surface area contributed by atoms with Crippen molar-refractivity contribution in [2.75, 3.05) is 27.3 Å². The normalized spacial score (nSPS) is 28.5. The van der Waals surface area contributed by atoms with Gasteiger partial charge in [0.25, 0.3) is 0 Å². The summed E-state index contributed by atoms with van der Waals surface area (Å²) >= 11 is 0. The summed E-state index contributed by atoms with van der Waals surface area (Å²) in [5.74, 6) is 1.94. The van der Waals surface area contributed by atoms with E-state index in [1.807, 2.05) is 6.07 Å². The van der Waals surface area contributed by atoms with Gasteiger partial charge in [-0.25, -0.2) is 0 Å². The van der Waals surface area contributed by atoms with Crippen LogP contribution in [0.25, 0.3) is 0 Å². The number of benzene rings is 1. The predicted octanol–water partition coefficient (Wildman–Crippen LogP) is 2.79. The van der Waals surface area contributed by atoms with E-state index in [9.17, 15) is 4.79 Å². The molecule has 1 saturated heterocycles. The Labute approximate surface area is 132 Å². The lowest BCUT2D eigenvalue weighted by Gasteiger charge is -2.41. The molecule has 0 aromatic heterocycles. The maximum absolute atomic E-state index is 12.0. The molecule has 1 aliphatic carbocycles. The number of Topliss-reactive ketones (excluding diaryl/α,β-unsaturated/α-hetero) is 1. The number of hydrogen-bond donors (Lipinski definition) is 0. The summed E-state index contributed by atoms with van der Waals surface area (Å²) in [5, 5.41) is 0. The van der Waals surface area contributed by atoms with E-state index in [1.54, 1.807) is 14.2 Å². The molecule has 2 fully saturated rings. The molecule has 1 aromatic rings. The fourth-order valence-corrected chi connectivity index (χ4v) is 4.32. The van der Waals surface area contributed by atoms with Crippen molar-refractivity contribution in [2.45, 2.75) is 44.1 Å². The zero-order valence-electron chi connectivity index (χ0n) is 13.7. The highest BCUT2D eigenvalue weighted by Crippen LogP contribution is 2.49. The second-order valence-electron chi connectivity index (χ2n) is 6.36. The maximum Gasteiger partial charge on any atom is 0.161 e. The van der Waals surface area contributed by atoms with Crippen LogP contribution < -0.4 is 9.47 Å². The summed E-state index contributed by atoms with van der Waals surface area (Å²) in [6.45, 7) is 4.26. The van der Waals surface area contributed by atoms with Gasteiger partial charge in [-0.1, -0.05) is 13.0 Å². The van der Waals surface area contributed by atoms with Gasteiger partial charge in [-0.05, 0) is 43.6 Å². The molecular weight excluding hydrogens is 278 g/mol. The standard InChI is InChI=1S/C18H25NO3/c1-4-19-10-9-18(8-7-14(20)12-17(18)19)13-5-6-15(21-2)16(11-13)22-3/h5-6,11,17H,4,7-10,12H2,1-3H3/t17-,18-/m1/s1. The molecule has 0 amide bonds. The van der Waals surface area contributed by atoms with E-state index < -0.39 is 0 Å². The first-order chi connectivity index (χ1) is 10.6. The fraction of sp³-hybridized carbons (Fsp3) is 0.611. The first-order valence-electron chi connectivity index (χ1n) is 8.13. The van der Waals surface area contributed by atoms with Crippen molar-refractivity contribution in [1.29, 1.82) is 0 Å². The van der Waals surface area contributed by atoms with Crippen LogP contribution in [0.4, 0.5) is 0 Å². The van der Waals surface area contributed by atoms with E-state index in [0.29, 0.717) is 24.7 Å². The molecule has 1 heterocycles. The van der Waals surface area contributed by atoms with Crippen molar-refractivity contribution >= 4 is 5.78 Å². The van der Waals surface area contributed by atoms with Crippen LogP contribution in [-0.4, -0.2) is 44.0 Å². The number of rotatable bonds is 4. The number of likely N-dealkylation sites (N-methyl/N-ethyl adjacent to an activating group) is 1. The van der Waals surface area contributed by atoms with Crippen molar-refractivity contribution in [2.24, 2.45) is 0 Å². The summed E-state index contributed by atoms with van der Waals surface area (Å²) < 4.78 is 10.8. The number of fused-ring (bicyclic) bond motifs is 1. The Morgan fingerprint density at radius 3 is 2.68 bits per heavy atom. The number of carbonyl (C=O) groups is 1. The summed E-state index contributed by atoms with van der Waals surface area (Å²) in [5.41, 5.74) is 1.38. The molecule has 2 atom stereocenters. The van der Waals surface area contributed by atoms with E-state index in [-0.39, 0.29) is 5.41 Å². The Kier molecular flexibility index (Phi) is 4.13. The molecular formula is C18H25NO3. The number of ether oxygens (including phenoxy) is 2. The van der Waals surface area contributed by atoms with E-state index in [1.165, 1.54) is 5.56 Å². The van der Waals surface area contributed by atoms with E-state index in [0.717, 1.165) is 37.4 Å². The quantitative estimate of drug-likeness (QED) is 0.857. The van der Waals surface area contributed by atoms with Gasteiger partial charge in [0.1, 0.15) is 5.78 Å². The van der Waals surface area contributed by atoms with Gasteiger partial charge in [0.15, 0.2) is 11.5 Å². The molecule has 0 unspecified atom stereocenters. The van der Waals surface area contributed by atoms with Crippen molar-refractivity contribution in [3.05, 3.63) is 23.8 Å². The second kappa shape index (κ2) is 5.92. The predicted molar refractivity (Wildman–Crippen MR) is 85.7 cm³/mol. The number of nitrogens with zero attached hydrogens (tertiary/aromatic N) is 1. The smallest absolute Gasteiger partial charge is 0.161 e. The SMILES string of the molecule is CCN1CC[C@@]2(c3ccc(OC)c(OC)c3)CCC(=O)C[C@@H]12. The molecule has 0 spiro atoms. The lowest BCUT2D eigenvalue weighted by Crippen LogP contribution is -2.47. The molecule has 1 aromatic carbocycles. The van der Waals surface area contributed by atoms with Crippen molar-refractivity contribution in [3.8, 4) is 11.5 Å². The number of ketones is 1. The van der Waals surface area contributed by atoms with E-state index in [4.69, 9.17) is 9.47 Å². The van der Waals surface area contributed by atoms with Gasteiger partial charge in [0, 0.05) is 24.3 Å². The van der Waals surface area contributed by atoms with Crippen LogP contribution in [0.15, 0.2) is 18.2 Å². The van der Waals surface area contributed by atoms with Gasteiger partial charge in [-0.2, -0.15) is 0 Å².